The van der Waals surface area contributed by atoms with Crippen LogP contribution in [0.15, 0.2) is 18.2 Å². The van der Waals surface area contributed by atoms with E-state index < -0.39 is 18.0 Å². The number of halogens is 1. The van der Waals surface area contributed by atoms with Crippen LogP contribution >= 0.6 is 23.4 Å². The Bertz CT molecular complexity index is 497. The molecule has 0 unspecified atom stereocenters. The van der Waals surface area contributed by atoms with Crippen LogP contribution in [0.1, 0.15) is 12.0 Å². The Balaban J connectivity index is 2.63. The van der Waals surface area contributed by atoms with E-state index >= 15 is 0 Å². The Morgan fingerprint density at radius 1 is 1.45 bits per heavy atom. The van der Waals surface area contributed by atoms with Gasteiger partial charge in [0.05, 0.1) is 10.7 Å². The smallest absolute Gasteiger partial charge is 0.326 e. The lowest BCUT2D eigenvalue weighted by Gasteiger charge is -2.15. The van der Waals surface area contributed by atoms with E-state index in [-0.39, 0.29) is 0 Å². The second-order valence-electron chi connectivity index (χ2n) is 4.25. The summed E-state index contributed by atoms with van der Waals surface area (Å²) in [4.78, 5) is 22.8. The minimum Gasteiger partial charge on any atom is -0.480 e. The molecule has 0 fully saturated rings. The van der Waals surface area contributed by atoms with Crippen LogP contribution in [0.2, 0.25) is 5.02 Å². The first-order valence-corrected chi connectivity index (χ1v) is 7.76. The minimum atomic E-state index is -1.05. The van der Waals surface area contributed by atoms with Gasteiger partial charge in [-0.15, -0.1) is 0 Å². The Kier molecular flexibility index (Phi) is 6.67. The molecule has 0 saturated heterocycles. The van der Waals surface area contributed by atoms with Crippen LogP contribution in [-0.4, -0.2) is 35.2 Å². The Morgan fingerprint density at radius 3 is 2.70 bits per heavy atom. The molecule has 0 spiro atoms. The number of aliphatic carboxylic acids is 1. The number of nitrogens with one attached hydrogen (secondary N) is 2. The Morgan fingerprint density at radius 2 is 2.15 bits per heavy atom. The molecule has 0 heterocycles. The van der Waals surface area contributed by atoms with Crippen molar-refractivity contribution in [1.82, 2.24) is 5.32 Å². The van der Waals surface area contributed by atoms with Gasteiger partial charge in [0.25, 0.3) is 0 Å². The fourth-order valence-electron chi connectivity index (χ4n) is 1.53. The van der Waals surface area contributed by atoms with Gasteiger partial charge in [-0.2, -0.15) is 11.8 Å². The highest BCUT2D eigenvalue weighted by Crippen LogP contribution is 2.22. The molecule has 0 bridgehead atoms. The predicted octanol–water partition coefficient (Wildman–Crippen LogP) is 2.98. The molecule has 1 rings (SSSR count). The Labute approximate surface area is 127 Å². The number of hydrogen-bond donors (Lipinski definition) is 3. The van der Waals surface area contributed by atoms with Crippen molar-refractivity contribution in [3.05, 3.63) is 28.8 Å². The zero-order chi connectivity index (χ0) is 15.1. The molecule has 0 aliphatic heterocycles. The standard InChI is InChI=1S/C13H17ClN2O3S/c1-8-3-4-10(9(14)7-8)15-13(19)16-11(12(17)18)5-6-20-2/h3-4,7,11H,5-6H2,1-2H3,(H,17,18)(H2,15,16,19)/t11-/m1/s1. The summed E-state index contributed by atoms with van der Waals surface area (Å²) in [7, 11) is 0. The SMILES string of the molecule is CSCC[C@@H](NC(=O)Nc1ccc(C)cc1Cl)C(=O)O. The van der Waals surface area contributed by atoms with Crippen molar-refractivity contribution in [2.24, 2.45) is 0 Å². The first-order valence-electron chi connectivity index (χ1n) is 5.99. The minimum absolute atomic E-state index is 0.367. The van der Waals surface area contributed by atoms with Crippen LogP contribution in [0, 0.1) is 6.92 Å². The lowest BCUT2D eigenvalue weighted by atomic mass is 10.2. The molecule has 0 radical (unpaired) electrons. The van der Waals surface area contributed by atoms with E-state index in [1.54, 1.807) is 12.1 Å². The normalized spacial score (nSPS) is 11.8. The van der Waals surface area contributed by atoms with Crippen molar-refractivity contribution in [2.45, 2.75) is 19.4 Å². The first kappa shape index (κ1) is 16.7. The van der Waals surface area contributed by atoms with Gasteiger partial charge in [-0.05, 0) is 43.0 Å². The highest BCUT2D eigenvalue weighted by molar-refractivity contribution is 7.98. The van der Waals surface area contributed by atoms with Crippen molar-refractivity contribution >= 4 is 41.1 Å². The number of carboxylic acid groups (broad SMARTS) is 1. The third kappa shape index (κ3) is 5.30. The molecule has 1 atom stereocenters. The molecule has 1 aromatic rings. The number of amides is 2. The van der Waals surface area contributed by atoms with Crippen LogP contribution in [0.4, 0.5) is 10.5 Å². The molecule has 0 aliphatic rings. The van der Waals surface area contributed by atoms with Crippen molar-refractivity contribution in [1.29, 1.82) is 0 Å². The third-order valence-electron chi connectivity index (χ3n) is 2.59. The van der Waals surface area contributed by atoms with E-state index in [4.69, 9.17) is 16.7 Å². The van der Waals surface area contributed by atoms with Crippen molar-refractivity contribution in [2.75, 3.05) is 17.3 Å². The summed E-state index contributed by atoms with van der Waals surface area (Å²) < 4.78 is 0. The maximum absolute atomic E-state index is 11.8. The third-order valence-corrected chi connectivity index (χ3v) is 3.54. The number of carbonyl (C=O) groups is 2. The molecular weight excluding hydrogens is 300 g/mol. The van der Waals surface area contributed by atoms with Crippen LogP contribution in [-0.2, 0) is 4.79 Å². The fourth-order valence-corrected chi connectivity index (χ4v) is 2.28. The lowest BCUT2D eigenvalue weighted by molar-refractivity contribution is -0.139. The van der Waals surface area contributed by atoms with Gasteiger partial charge in [0.2, 0.25) is 0 Å². The van der Waals surface area contributed by atoms with Crippen LogP contribution in [0.25, 0.3) is 0 Å². The lowest BCUT2D eigenvalue weighted by Crippen LogP contribution is -2.43. The molecule has 7 heteroatoms. The van der Waals surface area contributed by atoms with E-state index in [0.29, 0.717) is 22.9 Å². The van der Waals surface area contributed by atoms with Crippen LogP contribution in [0.5, 0.6) is 0 Å². The topological polar surface area (TPSA) is 78.4 Å². The van der Waals surface area contributed by atoms with Gasteiger partial charge in [-0.1, -0.05) is 17.7 Å². The summed E-state index contributed by atoms with van der Waals surface area (Å²) in [5.74, 6) is -0.396. The maximum Gasteiger partial charge on any atom is 0.326 e. The van der Waals surface area contributed by atoms with Gasteiger partial charge >= 0.3 is 12.0 Å². The summed E-state index contributed by atoms with van der Waals surface area (Å²) in [5.41, 5.74) is 1.42. The number of thioether (sulfide) groups is 1. The number of aryl methyl sites for hydroxylation is 1. The summed E-state index contributed by atoms with van der Waals surface area (Å²) in [6.07, 6.45) is 2.25. The first-order chi connectivity index (χ1) is 9.43. The molecule has 0 saturated carbocycles. The quantitative estimate of drug-likeness (QED) is 0.754. The highest BCUT2D eigenvalue weighted by Gasteiger charge is 2.19. The van der Waals surface area contributed by atoms with Crippen molar-refractivity contribution in [3.63, 3.8) is 0 Å². The average Bonchev–Trinajstić information content (AvgIpc) is 2.37. The molecule has 20 heavy (non-hydrogen) atoms. The molecular formula is C13H17ClN2O3S. The van der Waals surface area contributed by atoms with Crippen LogP contribution < -0.4 is 10.6 Å². The zero-order valence-corrected chi connectivity index (χ0v) is 12.8. The molecule has 0 aliphatic carbocycles. The predicted molar refractivity (Wildman–Crippen MR) is 82.8 cm³/mol. The average molecular weight is 317 g/mol. The largest absolute Gasteiger partial charge is 0.480 e. The molecule has 2 amide bonds. The van der Waals surface area contributed by atoms with E-state index in [2.05, 4.69) is 10.6 Å². The van der Waals surface area contributed by atoms with Crippen molar-refractivity contribution < 1.29 is 14.7 Å². The van der Waals surface area contributed by atoms with E-state index in [0.717, 1.165) is 5.56 Å². The summed E-state index contributed by atoms with van der Waals surface area (Å²) >= 11 is 7.52. The number of benzene rings is 1. The van der Waals surface area contributed by atoms with Gasteiger partial charge < -0.3 is 15.7 Å². The van der Waals surface area contributed by atoms with Gasteiger partial charge in [0.15, 0.2) is 0 Å². The van der Waals surface area contributed by atoms with Crippen molar-refractivity contribution in [3.8, 4) is 0 Å². The highest BCUT2D eigenvalue weighted by atomic mass is 35.5. The number of carbonyl (C=O) groups excluding carboxylic acids is 1. The maximum atomic E-state index is 11.8. The van der Waals surface area contributed by atoms with Gasteiger partial charge in [0, 0.05) is 0 Å². The second-order valence-corrected chi connectivity index (χ2v) is 5.65. The molecule has 5 nitrogen and oxygen atoms in total. The van der Waals surface area contributed by atoms with E-state index in [9.17, 15) is 9.59 Å². The molecule has 0 aromatic heterocycles. The number of rotatable bonds is 6. The summed E-state index contributed by atoms with van der Waals surface area (Å²) in [6, 6.07) is 3.72. The number of carboxylic acids is 1. The van der Waals surface area contributed by atoms with Crippen LogP contribution in [0.3, 0.4) is 0 Å². The Hall–Kier alpha value is -1.40. The number of urea groups is 1. The number of anilines is 1. The van der Waals surface area contributed by atoms with Gasteiger partial charge in [-0.25, -0.2) is 9.59 Å². The van der Waals surface area contributed by atoms with E-state index in [1.807, 2.05) is 19.2 Å². The molecule has 3 N–H and O–H groups in total. The fraction of sp³-hybridized carbons (Fsp3) is 0.385. The van der Waals surface area contributed by atoms with Gasteiger partial charge in [0.1, 0.15) is 6.04 Å². The summed E-state index contributed by atoms with van der Waals surface area (Å²) in [6.45, 7) is 1.89. The second kappa shape index (κ2) is 8.01. The van der Waals surface area contributed by atoms with Gasteiger partial charge in [-0.3, -0.25) is 0 Å². The van der Waals surface area contributed by atoms with E-state index in [1.165, 1.54) is 11.8 Å². The number of hydrogen-bond acceptors (Lipinski definition) is 3. The summed E-state index contributed by atoms with van der Waals surface area (Å²) in [5, 5.41) is 14.4. The molecule has 110 valence electrons. The monoisotopic (exact) mass is 316 g/mol. The zero-order valence-electron chi connectivity index (χ0n) is 11.3. The molecule has 1 aromatic carbocycles.